The van der Waals surface area contributed by atoms with Gasteiger partial charge >= 0.3 is 0 Å². The van der Waals surface area contributed by atoms with Gasteiger partial charge in [-0.1, -0.05) is 20.8 Å². The fraction of sp³-hybridized carbons (Fsp3) is 0.667. The van der Waals surface area contributed by atoms with Crippen LogP contribution in [0.1, 0.15) is 26.3 Å². The first kappa shape index (κ1) is 9.23. The molecule has 0 unspecified atom stereocenters. The number of rotatable bonds is 2. The van der Waals surface area contributed by atoms with Crippen molar-refractivity contribution in [3.8, 4) is 0 Å². The lowest BCUT2D eigenvalue weighted by molar-refractivity contribution is 0.426. The molecule has 0 aliphatic heterocycles. The van der Waals surface area contributed by atoms with Crippen LogP contribution in [-0.4, -0.2) is 16.5 Å². The van der Waals surface area contributed by atoms with Crippen LogP contribution < -0.4 is 0 Å². The number of hydrogen-bond acceptors (Lipinski definition) is 1. The standard InChI is InChI=1S/C9H15FN2/c1-9(2,3)8-6-11-12(7-8)5-4-10/h6-7H,4-5H2,1-3H3. The number of alkyl halides is 1. The van der Waals surface area contributed by atoms with E-state index in [-0.39, 0.29) is 12.1 Å². The average Bonchev–Trinajstić information content (AvgIpc) is 2.35. The Morgan fingerprint density at radius 1 is 1.50 bits per heavy atom. The number of aromatic nitrogens is 2. The molecule has 0 aliphatic carbocycles. The maximum Gasteiger partial charge on any atom is 0.109 e. The van der Waals surface area contributed by atoms with Gasteiger partial charge in [-0.2, -0.15) is 5.10 Å². The number of nitrogens with zero attached hydrogens (tertiary/aromatic N) is 2. The molecule has 0 amide bonds. The predicted octanol–water partition coefficient (Wildman–Crippen LogP) is 2.15. The number of aryl methyl sites for hydroxylation is 1. The first-order valence-corrected chi connectivity index (χ1v) is 4.13. The van der Waals surface area contributed by atoms with Crippen molar-refractivity contribution < 1.29 is 4.39 Å². The molecule has 0 radical (unpaired) electrons. The molecular formula is C9H15FN2. The minimum atomic E-state index is -0.356. The second-order valence-electron chi connectivity index (χ2n) is 3.93. The van der Waals surface area contributed by atoms with Gasteiger partial charge in [0.25, 0.3) is 0 Å². The molecule has 12 heavy (non-hydrogen) atoms. The van der Waals surface area contributed by atoms with Crippen LogP contribution >= 0.6 is 0 Å². The largest absolute Gasteiger partial charge is 0.270 e. The SMILES string of the molecule is CC(C)(C)c1cnn(CCF)c1. The van der Waals surface area contributed by atoms with Crippen LogP contribution in [0, 0.1) is 0 Å². The highest BCUT2D eigenvalue weighted by molar-refractivity contribution is 5.14. The van der Waals surface area contributed by atoms with Crippen LogP contribution in [0.4, 0.5) is 4.39 Å². The van der Waals surface area contributed by atoms with Crippen molar-refractivity contribution >= 4 is 0 Å². The first-order valence-electron chi connectivity index (χ1n) is 4.13. The summed E-state index contributed by atoms with van der Waals surface area (Å²) in [5.74, 6) is 0. The Balaban J connectivity index is 2.77. The van der Waals surface area contributed by atoms with E-state index in [1.165, 1.54) is 0 Å². The topological polar surface area (TPSA) is 17.8 Å². The Morgan fingerprint density at radius 3 is 2.58 bits per heavy atom. The number of hydrogen-bond donors (Lipinski definition) is 0. The van der Waals surface area contributed by atoms with Crippen LogP contribution in [-0.2, 0) is 12.0 Å². The second kappa shape index (κ2) is 3.25. The van der Waals surface area contributed by atoms with Crippen molar-refractivity contribution in [2.75, 3.05) is 6.67 Å². The molecule has 0 N–H and O–H groups in total. The lowest BCUT2D eigenvalue weighted by Gasteiger charge is -2.14. The smallest absolute Gasteiger partial charge is 0.109 e. The monoisotopic (exact) mass is 170 g/mol. The van der Waals surface area contributed by atoms with Crippen molar-refractivity contribution in [3.63, 3.8) is 0 Å². The van der Waals surface area contributed by atoms with Gasteiger partial charge in [0, 0.05) is 6.20 Å². The Morgan fingerprint density at radius 2 is 2.17 bits per heavy atom. The fourth-order valence-corrected chi connectivity index (χ4v) is 0.960. The highest BCUT2D eigenvalue weighted by Gasteiger charge is 2.15. The maximum absolute atomic E-state index is 11.9. The lowest BCUT2D eigenvalue weighted by atomic mass is 9.90. The van der Waals surface area contributed by atoms with E-state index >= 15 is 0 Å². The summed E-state index contributed by atoms with van der Waals surface area (Å²) in [6.07, 6.45) is 3.70. The van der Waals surface area contributed by atoms with Gasteiger partial charge in [0.1, 0.15) is 6.67 Å². The summed E-state index contributed by atoms with van der Waals surface area (Å²) in [5.41, 5.74) is 1.25. The zero-order valence-corrected chi connectivity index (χ0v) is 7.84. The van der Waals surface area contributed by atoms with Gasteiger partial charge in [0.15, 0.2) is 0 Å². The van der Waals surface area contributed by atoms with Crippen LogP contribution in [0.15, 0.2) is 12.4 Å². The third-order valence-electron chi connectivity index (χ3n) is 1.81. The van der Waals surface area contributed by atoms with Crippen LogP contribution in [0.3, 0.4) is 0 Å². The molecule has 1 rings (SSSR count). The molecule has 1 aromatic rings. The van der Waals surface area contributed by atoms with Crippen molar-refractivity contribution in [2.24, 2.45) is 0 Å². The van der Waals surface area contributed by atoms with Gasteiger partial charge in [0.05, 0.1) is 12.7 Å². The normalized spacial score (nSPS) is 12.0. The highest BCUT2D eigenvalue weighted by Crippen LogP contribution is 2.20. The maximum atomic E-state index is 11.9. The van der Waals surface area contributed by atoms with E-state index in [4.69, 9.17) is 0 Å². The molecule has 0 saturated carbocycles. The zero-order valence-electron chi connectivity index (χ0n) is 7.84. The zero-order chi connectivity index (χ0) is 9.19. The molecule has 1 heterocycles. The van der Waals surface area contributed by atoms with E-state index in [0.29, 0.717) is 6.54 Å². The van der Waals surface area contributed by atoms with Gasteiger partial charge in [-0.05, 0) is 11.0 Å². The highest BCUT2D eigenvalue weighted by atomic mass is 19.1. The Labute approximate surface area is 72.4 Å². The summed E-state index contributed by atoms with van der Waals surface area (Å²) >= 11 is 0. The fourth-order valence-electron chi connectivity index (χ4n) is 0.960. The predicted molar refractivity (Wildman–Crippen MR) is 46.9 cm³/mol. The van der Waals surface area contributed by atoms with E-state index < -0.39 is 0 Å². The summed E-state index contributed by atoms with van der Waals surface area (Å²) in [6, 6.07) is 0. The van der Waals surface area contributed by atoms with Gasteiger partial charge in [-0.15, -0.1) is 0 Å². The van der Waals surface area contributed by atoms with Crippen LogP contribution in [0.2, 0.25) is 0 Å². The minimum Gasteiger partial charge on any atom is -0.270 e. The van der Waals surface area contributed by atoms with E-state index in [0.717, 1.165) is 5.56 Å². The number of halogens is 1. The molecule has 0 atom stereocenters. The minimum absolute atomic E-state index is 0.106. The molecule has 3 heteroatoms. The van der Waals surface area contributed by atoms with Crippen LogP contribution in [0.25, 0.3) is 0 Å². The molecule has 2 nitrogen and oxygen atoms in total. The van der Waals surface area contributed by atoms with E-state index in [1.807, 2.05) is 6.20 Å². The molecule has 0 bridgehead atoms. The molecule has 0 fully saturated rings. The van der Waals surface area contributed by atoms with Gasteiger partial charge in [-0.25, -0.2) is 4.39 Å². The summed E-state index contributed by atoms with van der Waals surface area (Å²) in [7, 11) is 0. The first-order chi connectivity index (χ1) is 5.54. The Kier molecular flexibility index (Phi) is 2.50. The lowest BCUT2D eigenvalue weighted by Crippen LogP contribution is -2.09. The quantitative estimate of drug-likeness (QED) is 0.665. The van der Waals surface area contributed by atoms with Gasteiger partial charge in [0.2, 0.25) is 0 Å². The Bertz CT molecular complexity index is 247. The molecule has 68 valence electrons. The van der Waals surface area contributed by atoms with Crippen LogP contribution in [0.5, 0.6) is 0 Å². The van der Waals surface area contributed by atoms with Crippen molar-refractivity contribution in [3.05, 3.63) is 18.0 Å². The van der Waals surface area contributed by atoms with Crippen molar-refractivity contribution in [1.29, 1.82) is 0 Å². The average molecular weight is 170 g/mol. The summed E-state index contributed by atoms with van der Waals surface area (Å²) < 4.78 is 13.6. The van der Waals surface area contributed by atoms with Gasteiger partial charge < -0.3 is 0 Å². The summed E-state index contributed by atoms with van der Waals surface area (Å²) in [5, 5.41) is 4.05. The molecule has 0 aliphatic rings. The third kappa shape index (κ3) is 2.06. The Hall–Kier alpha value is -0.860. The summed E-state index contributed by atoms with van der Waals surface area (Å²) in [4.78, 5) is 0. The molecule has 0 aromatic carbocycles. The second-order valence-corrected chi connectivity index (χ2v) is 3.93. The summed E-state index contributed by atoms with van der Waals surface area (Å²) in [6.45, 7) is 6.35. The molecule has 0 spiro atoms. The van der Waals surface area contributed by atoms with E-state index in [9.17, 15) is 4.39 Å². The van der Waals surface area contributed by atoms with Crippen molar-refractivity contribution in [2.45, 2.75) is 32.7 Å². The van der Waals surface area contributed by atoms with Gasteiger partial charge in [-0.3, -0.25) is 4.68 Å². The van der Waals surface area contributed by atoms with E-state index in [2.05, 4.69) is 25.9 Å². The van der Waals surface area contributed by atoms with E-state index in [1.54, 1.807) is 10.9 Å². The molecule has 0 saturated heterocycles. The molecule has 1 aromatic heterocycles. The third-order valence-corrected chi connectivity index (χ3v) is 1.81. The molecular weight excluding hydrogens is 155 g/mol. The van der Waals surface area contributed by atoms with Crippen molar-refractivity contribution in [1.82, 2.24) is 9.78 Å².